The van der Waals surface area contributed by atoms with Crippen molar-refractivity contribution < 1.29 is 0 Å². The van der Waals surface area contributed by atoms with E-state index in [1.54, 1.807) is 12.3 Å². The molecule has 7 nitrogen and oxygen atoms in total. The molecule has 0 amide bonds. The summed E-state index contributed by atoms with van der Waals surface area (Å²) in [7, 11) is 0. The van der Waals surface area contributed by atoms with Gasteiger partial charge in [-0.3, -0.25) is 9.88 Å². The number of benzene rings is 1. The van der Waals surface area contributed by atoms with Crippen LogP contribution < -0.4 is 10.2 Å². The summed E-state index contributed by atoms with van der Waals surface area (Å²) in [6.07, 6.45) is 9.90. The van der Waals surface area contributed by atoms with Gasteiger partial charge in [0.25, 0.3) is 0 Å². The molecular formula is C24H29Cl2N7. The highest BCUT2D eigenvalue weighted by atomic mass is 35.5. The SMILES string of the molecule is C[C@@H](Nc1cncc(N2CC([C@H]3CCCN(Cc4ncc[nH]4)C3)C2)n1)c1ccc(Cl)cc1Cl. The van der Waals surface area contributed by atoms with Gasteiger partial charge in [0, 0.05) is 42.1 Å². The molecule has 2 N–H and O–H groups in total. The van der Waals surface area contributed by atoms with E-state index in [0.29, 0.717) is 16.0 Å². The third-order valence-electron chi connectivity index (χ3n) is 6.79. The van der Waals surface area contributed by atoms with Crippen molar-refractivity contribution in [3.8, 4) is 0 Å². The Kier molecular flexibility index (Phi) is 6.71. The monoisotopic (exact) mass is 485 g/mol. The van der Waals surface area contributed by atoms with Gasteiger partial charge in [0.15, 0.2) is 0 Å². The second-order valence-corrected chi connectivity index (χ2v) is 9.98. The molecule has 9 heteroatoms. The molecule has 2 aliphatic rings. The third kappa shape index (κ3) is 5.26. The highest BCUT2D eigenvalue weighted by Gasteiger charge is 2.36. The molecule has 1 aromatic carbocycles. The first-order valence-corrected chi connectivity index (χ1v) is 12.3. The van der Waals surface area contributed by atoms with E-state index in [1.165, 1.54) is 12.8 Å². The van der Waals surface area contributed by atoms with Crippen molar-refractivity contribution in [3.05, 3.63) is 64.4 Å². The molecule has 0 bridgehead atoms. The number of piperidine rings is 1. The molecule has 3 aromatic rings. The molecule has 2 fully saturated rings. The van der Waals surface area contributed by atoms with Crippen LogP contribution in [0.1, 0.15) is 37.2 Å². The molecule has 2 saturated heterocycles. The Bertz CT molecular complexity index is 1070. The number of nitrogens with one attached hydrogen (secondary N) is 2. The Labute approximate surface area is 204 Å². The van der Waals surface area contributed by atoms with Crippen LogP contribution in [0.4, 0.5) is 11.6 Å². The van der Waals surface area contributed by atoms with Crippen LogP contribution in [0.25, 0.3) is 0 Å². The summed E-state index contributed by atoms with van der Waals surface area (Å²) < 4.78 is 0. The summed E-state index contributed by atoms with van der Waals surface area (Å²) in [6.45, 7) is 7.34. The van der Waals surface area contributed by atoms with Crippen molar-refractivity contribution in [2.45, 2.75) is 32.4 Å². The van der Waals surface area contributed by atoms with Gasteiger partial charge in [-0.25, -0.2) is 9.97 Å². The Morgan fingerprint density at radius 1 is 1.18 bits per heavy atom. The predicted octanol–water partition coefficient (Wildman–Crippen LogP) is 5.03. The van der Waals surface area contributed by atoms with Gasteiger partial charge in [0.05, 0.1) is 25.0 Å². The number of aromatic nitrogens is 4. The fraction of sp³-hybridized carbons (Fsp3) is 0.458. The zero-order valence-electron chi connectivity index (χ0n) is 18.7. The summed E-state index contributed by atoms with van der Waals surface area (Å²) in [4.78, 5) is 21.7. The van der Waals surface area contributed by atoms with Gasteiger partial charge >= 0.3 is 0 Å². The van der Waals surface area contributed by atoms with Gasteiger partial charge in [0.2, 0.25) is 0 Å². The van der Waals surface area contributed by atoms with Crippen LogP contribution in [0.15, 0.2) is 43.0 Å². The number of hydrogen-bond acceptors (Lipinski definition) is 6. The van der Waals surface area contributed by atoms with Crippen LogP contribution in [-0.4, -0.2) is 51.0 Å². The van der Waals surface area contributed by atoms with Gasteiger partial charge in [0.1, 0.15) is 17.5 Å². The molecule has 0 unspecified atom stereocenters. The van der Waals surface area contributed by atoms with Crippen LogP contribution in [-0.2, 0) is 6.54 Å². The summed E-state index contributed by atoms with van der Waals surface area (Å²) in [5.41, 5.74) is 0.980. The smallest absolute Gasteiger partial charge is 0.149 e. The van der Waals surface area contributed by atoms with Gasteiger partial charge in [-0.05, 0) is 55.8 Å². The molecule has 5 rings (SSSR count). The summed E-state index contributed by atoms with van der Waals surface area (Å²) >= 11 is 12.4. The maximum absolute atomic E-state index is 6.37. The molecule has 4 heterocycles. The molecule has 0 saturated carbocycles. The first-order valence-electron chi connectivity index (χ1n) is 11.5. The first-order chi connectivity index (χ1) is 16.0. The van der Waals surface area contributed by atoms with Crippen LogP contribution >= 0.6 is 23.2 Å². The number of imidazole rings is 1. The number of anilines is 2. The van der Waals surface area contributed by atoms with E-state index >= 15 is 0 Å². The number of likely N-dealkylation sites (tertiary alicyclic amines) is 1. The maximum Gasteiger partial charge on any atom is 0.149 e. The normalized spacial score (nSPS) is 20.5. The van der Waals surface area contributed by atoms with E-state index in [1.807, 2.05) is 30.7 Å². The molecule has 0 spiro atoms. The molecule has 0 radical (unpaired) electrons. The van der Waals surface area contributed by atoms with E-state index in [2.05, 4.69) is 37.0 Å². The number of H-pyrrole nitrogens is 1. The average molecular weight is 486 g/mol. The van der Waals surface area contributed by atoms with E-state index < -0.39 is 0 Å². The van der Waals surface area contributed by atoms with Crippen molar-refractivity contribution in [2.75, 3.05) is 36.4 Å². The van der Waals surface area contributed by atoms with E-state index in [-0.39, 0.29) is 6.04 Å². The zero-order chi connectivity index (χ0) is 22.8. The topological polar surface area (TPSA) is 73.0 Å². The minimum absolute atomic E-state index is 0.00848. The maximum atomic E-state index is 6.37. The van der Waals surface area contributed by atoms with Crippen molar-refractivity contribution >= 4 is 34.8 Å². The molecule has 174 valence electrons. The lowest BCUT2D eigenvalue weighted by molar-refractivity contribution is 0.112. The van der Waals surface area contributed by atoms with Crippen LogP contribution in [0.2, 0.25) is 10.0 Å². The number of halogens is 2. The lowest BCUT2D eigenvalue weighted by atomic mass is 9.80. The fourth-order valence-electron chi connectivity index (χ4n) is 4.94. The minimum atomic E-state index is -0.00848. The number of nitrogens with zero attached hydrogens (tertiary/aromatic N) is 5. The van der Waals surface area contributed by atoms with E-state index in [4.69, 9.17) is 28.2 Å². The molecular weight excluding hydrogens is 457 g/mol. The van der Waals surface area contributed by atoms with Gasteiger partial charge in [-0.15, -0.1) is 0 Å². The largest absolute Gasteiger partial charge is 0.362 e. The van der Waals surface area contributed by atoms with Gasteiger partial charge in [-0.2, -0.15) is 0 Å². The average Bonchev–Trinajstić information content (AvgIpc) is 3.26. The Morgan fingerprint density at radius 3 is 2.85 bits per heavy atom. The standard InChI is InChI=1S/C24H29Cl2N7/c1-16(20-5-4-19(25)9-21(20)26)30-22-10-27-11-24(31-22)33-13-18(14-33)17-3-2-8-32(12-17)15-23-28-6-7-29-23/h4-7,9-11,16-18H,2-3,8,12-15H2,1H3,(H,28,29)(H,30,31)/t16-,17+/m1/s1. The summed E-state index contributed by atoms with van der Waals surface area (Å²) in [5, 5.41) is 4.70. The molecule has 2 atom stereocenters. The first kappa shape index (κ1) is 22.4. The van der Waals surface area contributed by atoms with Crippen LogP contribution in [0, 0.1) is 11.8 Å². The highest BCUT2D eigenvalue weighted by Crippen LogP contribution is 2.34. The van der Waals surface area contributed by atoms with Gasteiger partial charge < -0.3 is 15.2 Å². The zero-order valence-corrected chi connectivity index (χ0v) is 20.2. The van der Waals surface area contributed by atoms with Gasteiger partial charge in [-0.1, -0.05) is 29.3 Å². The minimum Gasteiger partial charge on any atom is -0.362 e. The lowest BCUT2D eigenvalue weighted by Crippen LogP contribution is -2.53. The Hall–Kier alpha value is -2.35. The van der Waals surface area contributed by atoms with Crippen molar-refractivity contribution in [1.29, 1.82) is 0 Å². The molecule has 2 aliphatic heterocycles. The number of rotatable bonds is 7. The van der Waals surface area contributed by atoms with E-state index in [9.17, 15) is 0 Å². The number of aromatic amines is 1. The summed E-state index contributed by atoms with van der Waals surface area (Å²) in [5.74, 6) is 4.16. The van der Waals surface area contributed by atoms with Crippen molar-refractivity contribution in [2.24, 2.45) is 11.8 Å². The third-order valence-corrected chi connectivity index (χ3v) is 7.35. The molecule has 2 aromatic heterocycles. The Morgan fingerprint density at radius 2 is 2.06 bits per heavy atom. The second kappa shape index (κ2) is 9.87. The van der Waals surface area contributed by atoms with Crippen molar-refractivity contribution in [3.63, 3.8) is 0 Å². The highest BCUT2D eigenvalue weighted by molar-refractivity contribution is 6.35. The fourth-order valence-corrected chi connectivity index (χ4v) is 5.52. The predicted molar refractivity (Wildman–Crippen MR) is 133 cm³/mol. The van der Waals surface area contributed by atoms with Crippen molar-refractivity contribution in [1.82, 2.24) is 24.8 Å². The van der Waals surface area contributed by atoms with Crippen LogP contribution in [0.5, 0.6) is 0 Å². The van der Waals surface area contributed by atoms with E-state index in [0.717, 1.165) is 61.7 Å². The Balaban J connectivity index is 1.16. The summed E-state index contributed by atoms with van der Waals surface area (Å²) in [6, 6.07) is 5.55. The van der Waals surface area contributed by atoms with Crippen LogP contribution in [0.3, 0.4) is 0 Å². The molecule has 33 heavy (non-hydrogen) atoms. The quantitative estimate of drug-likeness (QED) is 0.488. The molecule has 0 aliphatic carbocycles. The second-order valence-electron chi connectivity index (χ2n) is 9.13. The lowest BCUT2D eigenvalue weighted by Gasteiger charge is -2.47. The number of hydrogen-bond donors (Lipinski definition) is 2.